The van der Waals surface area contributed by atoms with Crippen LogP contribution in [0.2, 0.25) is 0 Å². The molecule has 2 rings (SSSR count). The van der Waals surface area contributed by atoms with Crippen molar-refractivity contribution < 1.29 is 9.53 Å². The molecule has 0 radical (unpaired) electrons. The van der Waals surface area contributed by atoms with Gasteiger partial charge in [-0.1, -0.05) is 36.5 Å². The van der Waals surface area contributed by atoms with Gasteiger partial charge in [0.25, 0.3) is 0 Å². The van der Waals surface area contributed by atoms with E-state index in [0.29, 0.717) is 12.1 Å². The lowest BCUT2D eigenvalue weighted by atomic mass is 10.1. The van der Waals surface area contributed by atoms with Gasteiger partial charge in [-0.3, -0.25) is 0 Å². The average molecular weight is 353 g/mol. The Kier molecular flexibility index (Phi) is 6.85. The fraction of sp³-hybridized carbons (Fsp3) is 0.429. The first-order chi connectivity index (χ1) is 12.4. The number of hydrogen-bond acceptors (Lipinski definition) is 4. The Morgan fingerprint density at radius 3 is 2.73 bits per heavy atom. The van der Waals surface area contributed by atoms with E-state index in [9.17, 15) is 10.1 Å². The quantitative estimate of drug-likeness (QED) is 0.815. The maximum absolute atomic E-state index is 12.0. The van der Waals surface area contributed by atoms with Crippen molar-refractivity contribution in [3.8, 4) is 6.07 Å². The maximum atomic E-state index is 12.0. The van der Waals surface area contributed by atoms with Gasteiger partial charge < -0.3 is 15.0 Å². The van der Waals surface area contributed by atoms with E-state index in [0.717, 1.165) is 25.1 Å². The van der Waals surface area contributed by atoms with Crippen molar-refractivity contribution in [1.82, 2.24) is 10.2 Å². The van der Waals surface area contributed by atoms with E-state index in [2.05, 4.69) is 28.4 Å². The molecule has 0 aromatic heterocycles. The summed E-state index contributed by atoms with van der Waals surface area (Å²) >= 11 is 0. The van der Waals surface area contributed by atoms with Crippen LogP contribution in [0.4, 0.5) is 4.79 Å². The largest absolute Gasteiger partial charge is 0.444 e. The average Bonchev–Trinajstić information content (AvgIpc) is 2.97. The van der Waals surface area contributed by atoms with Crippen molar-refractivity contribution >= 4 is 6.09 Å². The summed E-state index contributed by atoms with van der Waals surface area (Å²) in [6.45, 7) is 6.97. The molecule has 2 aliphatic rings. The highest BCUT2D eigenvalue weighted by Gasteiger charge is 2.28. The summed E-state index contributed by atoms with van der Waals surface area (Å²) in [4.78, 5) is 14.1. The summed E-state index contributed by atoms with van der Waals surface area (Å²) in [6, 6.07) is 2.29. The Labute approximate surface area is 156 Å². The van der Waals surface area contributed by atoms with Crippen LogP contribution >= 0.6 is 0 Å². The first-order valence-electron chi connectivity index (χ1n) is 8.94. The number of nitrogens with one attached hydrogen (secondary N) is 1. The number of hydrogen-bond donors (Lipinski definition) is 1. The van der Waals surface area contributed by atoms with Gasteiger partial charge in [-0.2, -0.15) is 5.26 Å². The van der Waals surface area contributed by atoms with Crippen molar-refractivity contribution in [2.75, 3.05) is 13.1 Å². The van der Waals surface area contributed by atoms with Gasteiger partial charge in [0.05, 0.1) is 17.3 Å². The van der Waals surface area contributed by atoms with Crippen LogP contribution in [0.3, 0.4) is 0 Å². The summed E-state index contributed by atoms with van der Waals surface area (Å²) < 4.78 is 5.33. The molecule has 0 aromatic rings. The molecule has 0 aromatic carbocycles. The Balaban J connectivity index is 2.08. The van der Waals surface area contributed by atoms with Crippen LogP contribution < -0.4 is 5.32 Å². The fourth-order valence-electron chi connectivity index (χ4n) is 2.81. The molecular formula is C21H27N3O2. The lowest BCUT2D eigenvalue weighted by Gasteiger charge is -2.23. The van der Waals surface area contributed by atoms with E-state index in [1.165, 1.54) is 0 Å². The third-order valence-corrected chi connectivity index (χ3v) is 3.93. The number of rotatable bonds is 2. The number of nitrogens with zero attached hydrogens (tertiary/aromatic N) is 2. The summed E-state index contributed by atoms with van der Waals surface area (Å²) in [5.74, 6) is 0. The smallest absolute Gasteiger partial charge is 0.407 e. The van der Waals surface area contributed by atoms with Gasteiger partial charge >= 0.3 is 6.09 Å². The van der Waals surface area contributed by atoms with Crippen molar-refractivity contribution in [1.29, 1.82) is 5.26 Å². The van der Waals surface area contributed by atoms with Gasteiger partial charge in [-0.05, 0) is 45.8 Å². The number of alkyl carbamates (subject to hydrolysis) is 1. The number of carbonyl (C=O) groups excluding carboxylic acids is 1. The van der Waals surface area contributed by atoms with Gasteiger partial charge in [0.15, 0.2) is 0 Å². The van der Waals surface area contributed by atoms with Crippen LogP contribution in [-0.2, 0) is 4.74 Å². The number of amides is 1. The number of allylic oxidation sites excluding steroid dienone is 9. The Morgan fingerprint density at radius 2 is 2.00 bits per heavy atom. The van der Waals surface area contributed by atoms with Crippen molar-refractivity contribution in [2.45, 2.75) is 45.3 Å². The van der Waals surface area contributed by atoms with Crippen LogP contribution in [0.5, 0.6) is 0 Å². The third kappa shape index (κ3) is 6.29. The highest BCUT2D eigenvalue weighted by Crippen LogP contribution is 2.22. The van der Waals surface area contributed by atoms with E-state index in [1.54, 1.807) is 0 Å². The second kappa shape index (κ2) is 9.10. The lowest BCUT2D eigenvalue weighted by Crippen LogP contribution is -2.40. The Hall–Kier alpha value is -2.74. The lowest BCUT2D eigenvalue weighted by molar-refractivity contribution is 0.0506. The molecule has 1 aliphatic heterocycles. The fourth-order valence-corrected chi connectivity index (χ4v) is 2.81. The molecule has 5 nitrogen and oxygen atoms in total. The highest BCUT2D eigenvalue weighted by molar-refractivity contribution is 5.68. The summed E-state index contributed by atoms with van der Waals surface area (Å²) in [5, 5.41) is 12.5. The molecule has 1 atom stereocenters. The summed E-state index contributed by atoms with van der Waals surface area (Å²) in [6.07, 6.45) is 16.9. The van der Waals surface area contributed by atoms with Gasteiger partial charge in [0, 0.05) is 13.1 Å². The summed E-state index contributed by atoms with van der Waals surface area (Å²) in [5.41, 5.74) is 0.976. The third-order valence-electron chi connectivity index (χ3n) is 3.93. The second-order valence-electron chi connectivity index (χ2n) is 7.30. The van der Waals surface area contributed by atoms with Crippen molar-refractivity contribution in [3.05, 3.63) is 59.9 Å². The standard InChI is InChI=1S/C21H27N3O2/c1-21(2,3)26-20(25)23-18-13-14-24(16-18)19-12-10-8-6-4-5-7-9-11-17(19)15-22/h4-5,7-12,18H,6,13-14,16H2,1-3H3,(H,23,25)/b5-4-,9-7-,10-8-,17-11-,19-12+/t18-/m0/s1. The van der Waals surface area contributed by atoms with E-state index in [1.807, 2.05) is 57.2 Å². The number of ether oxygens (including phenoxy) is 1. The monoisotopic (exact) mass is 353 g/mol. The van der Waals surface area contributed by atoms with Crippen LogP contribution in [-0.4, -0.2) is 35.7 Å². The van der Waals surface area contributed by atoms with Crippen molar-refractivity contribution in [3.63, 3.8) is 0 Å². The van der Waals surface area contributed by atoms with Crippen molar-refractivity contribution in [2.24, 2.45) is 0 Å². The van der Waals surface area contributed by atoms with Crippen LogP contribution in [0.25, 0.3) is 0 Å². The molecular weight excluding hydrogens is 326 g/mol. The molecule has 0 bridgehead atoms. The molecule has 1 N–H and O–H groups in total. The van der Waals surface area contributed by atoms with Gasteiger partial charge in [0.2, 0.25) is 0 Å². The normalized spacial score (nSPS) is 28.4. The molecule has 1 amide bonds. The zero-order valence-electron chi connectivity index (χ0n) is 15.7. The number of likely N-dealkylation sites (tertiary alicyclic amines) is 1. The molecule has 138 valence electrons. The summed E-state index contributed by atoms with van der Waals surface area (Å²) in [7, 11) is 0. The molecule has 5 heteroatoms. The number of carbonyl (C=O) groups is 1. The van der Waals surface area contributed by atoms with Gasteiger partial charge in [-0.15, -0.1) is 0 Å². The minimum Gasteiger partial charge on any atom is -0.444 e. The maximum Gasteiger partial charge on any atom is 0.407 e. The first kappa shape index (κ1) is 19.6. The van der Waals surface area contributed by atoms with Crippen LogP contribution in [0, 0.1) is 11.3 Å². The molecule has 26 heavy (non-hydrogen) atoms. The predicted octanol–water partition coefficient (Wildman–Crippen LogP) is 3.99. The topological polar surface area (TPSA) is 65.4 Å². The molecule has 1 aliphatic carbocycles. The Morgan fingerprint density at radius 1 is 1.23 bits per heavy atom. The minimum absolute atomic E-state index is 0.00469. The van der Waals surface area contributed by atoms with E-state index in [4.69, 9.17) is 4.74 Å². The SMILES string of the molecule is CC(C)(C)OC(=O)N[C@H]1CCN(C2=C/C=C\C/C=C\C=C/C=C\2C#N)C1. The molecule has 0 unspecified atom stereocenters. The van der Waals surface area contributed by atoms with E-state index in [-0.39, 0.29) is 6.04 Å². The zero-order chi connectivity index (χ0) is 19.0. The minimum atomic E-state index is -0.512. The first-order valence-corrected chi connectivity index (χ1v) is 8.94. The van der Waals surface area contributed by atoms with Gasteiger partial charge in [0.1, 0.15) is 11.7 Å². The second-order valence-corrected chi connectivity index (χ2v) is 7.30. The highest BCUT2D eigenvalue weighted by atomic mass is 16.6. The zero-order valence-corrected chi connectivity index (χ0v) is 15.7. The van der Waals surface area contributed by atoms with E-state index < -0.39 is 11.7 Å². The molecule has 0 saturated carbocycles. The molecule has 0 spiro atoms. The molecule has 1 heterocycles. The van der Waals surface area contributed by atoms with Crippen LogP contribution in [0.1, 0.15) is 33.6 Å². The van der Waals surface area contributed by atoms with Gasteiger partial charge in [-0.25, -0.2) is 4.79 Å². The predicted molar refractivity (Wildman–Crippen MR) is 103 cm³/mol. The molecule has 1 fully saturated rings. The Bertz CT molecular complexity index is 700. The van der Waals surface area contributed by atoms with E-state index >= 15 is 0 Å². The van der Waals surface area contributed by atoms with Crippen LogP contribution in [0.15, 0.2) is 59.9 Å². The number of nitriles is 1. The molecule has 1 saturated heterocycles.